The van der Waals surface area contributed by atoms with E-state index in [0.29, 0.717) is 6.61 Å². The summed E-state index contributed by atoms with van der Waals surface area (Å²) in [7, 11) is 0. The third kappa shape index (κ3) is 7.42. The second kappa shape index (κ2) is 8.48. The normalized spacial score (nSPS) is 10.1. The molecule has 0 aliphatic carbocycles. The van der Waals surface area contributed by atoms with Crippen molar-refractivity contribution in [3.05, 3.63) is 47.0 Å². The van der Waals surface area contributed by atoms with Crippen LogP contribution in [-0.2, 0) is 16.1 Å². The van der Waals surface area contributed by atoms with Crippen molar-refractivity contribution in [3.63, 3.8) is 0 Å². The zero-order valence-corrected chi connectivity index (χ0v) is 12.0. The molecule has 0 aliphatic heterocycles. The number of ether oxygens (including phenoxy) is 1. The van der Waals surface area contributed by atoms with Crippen LogP contribution in [0.15, 0.2) is 35.9 Å². The Labute approximate surface area is 115 Å². The lowest BCUT2D eigenvalue weighted by molar-refractivity contribution is -0.137. The molecule has 0 unspecified atom stereocenters. The van der Waals surface area contributed by atoms with Crippen molar-refractivity contribution in [2.75, 3.05) is 13.2 Å². The molecular weight excluding hydrogens is 238 g/mol. The second-order valence-corrected chi connectivity index (χ2v) is 4.91. The van der Waals surface area contributed by atoms with Gasteiger partial charge >= 0.3 is 5.97 Å². The molecule has 0 saturated heterocycles. The Morgan fingerprint density at radius 2 is 1.95 bits per heavy atom. The minimum Gasteiger partial charge on any atom is -0.462 e. The van der Waals surface area contributed by atoms with Crippen LogP contribution < -0.4 is 5.32 Å². The predicted molar refractivity (Wildman–Crippen MR) is 77.9 cm³/mol. The molecule has 0 aliphatic rings. The van der Waals surface area contributed by atoms with Crippen LogP contribution in [0.4, 0.5) is 0 Å². The van der Waals surface area contributed by atoms with Gasteiger partial charge < -0.3 is 10.1 Å². The average molecular weight is 261 g/mol. The second-order valence-electron chi connectivity index (χ2n) is 4.91. The summed E-state index contributed by atoms with van der Waals surface area (Å²) in [4.78, 5) is 11.2. The number of aryl methyl sites for hydroxylation is 1. The molecule has 1 aromatic carbocycles. The third-order valence-corrected chi connectivity index (χ3v) is 2.60. The standard InChI is InChI=1S/C16H23NO2/c1-13(2)11-16(18)19-10-4-9-17-12-15-7-5-14(3)6-8-15/h5-8,11,17H,4,9-10,12H2,1-3H3. The lowest BCUT2D eigenvalue weighted by atomic mass is 10.1. The number of carbonyl (C=O) groups is 1. The zero-order valence-electron chi connectivity index (χ0n) is 12.0. The van der Waals surface area contributed by atoms with Crippen molar-refractivity contribution >= 4 is 5.97 Å². The van der Waals surface area contributed by atoms with Crippen molar-refractivity contribution in [2.45, 2.75) is 33.7 Å². The Balaban J connectivity index is 2.07. The van der Waals surface area contributed by atoms with Gasteiger partial charge in [0.1, 0.15) is 0 Å². The first-order valence-corrected chi connectivity index (χ1v) is 6.66. The Bertz CT molecular complexity index is 417. The van der Waals surface area contributed by atoms with E-state index in [4.69, 9.17) is 4.74 Å². The number of benzene rings is 1. The number of hydrogen-bond acceptors (Lipinski definition) is 3. The fraction of sp³-hybridized carbons (Fsp3) is 0.438. The van der Waals surface area contributed by atoms with Crippen molar-refractivity contribution < 1.29 is 9.53 Å². The van der Waals surface area contributed by atoms with Crippen molar-refractivity contribution in [2.24, 2.45) is 0 Å². The number of nitrogens with one attached hydrogen (secondary N) is 1. The van der Waals surface area contributed by atoms with E-state index in [2.05, 4.69) is 36.5 Å². The first-order chi connectivity index (χ1) is 9.08. The van der Waals surface area contributed by atoms with E-state index >= 15 is 0 Å². The van der Waals surface area contributed by atoms with Crippen LogP contribution in [0, 0.1) is 6.92 Å². The topological polar surface area (TPSA) is 38.3 Å². The van der Waals surface area contributed by atoms with E-state index in [9.17, 15) is 4.79 Å². The molecular formula is C16H23NO2. The van der Waals surface area contributed by atoms with E-state index in [0.717, 1.165) is 25.1 Å². The molecule has 1 N–H and O–H groups in total. The highest BCUT2D eigenvalue weighted by Crippen LogP contribution is 2.02. The lowest BCUT2D eigenvalue weighted by Gasteiger charge is -2.06. The maximum Gasteiger partial charge on any atom is 0.330 e. The first kappa shape index (κ1) is 15.4. The van der Waals surface area contributed by atoms with Crippen LogP contribution in [-0.4, -0.2) is 19.1 Å². The summed E-state index contributed by atoms with van der Waals surface area (Å²) >= 11 is 0. The molecule has 0 amide bonds. The predicted octanol–water partition coefficient (Wildman–Crippen LogP) is 2.98. The summed E-state index contributed by atoms with van der Waals surface area (Å²) in [6.07, 6.45) is 2.34. The van der Waals surface area contributed by atoms with Gasteiger partial charge in [-0.25, -0.2) is 4.79 Å². The SMILES string of the molecule is CC(C)=CC(=O)OCCCNCc1ccc(C)cc1. The minimum atomic E-state index is -0.251. The maximum atomic E-state index is 11.2. The van der Waals surface area contributed by atoms with Gasteiger partial charge in [-0.3, -0.25) is 0 Å². The van der Waals surface area contributed by atoms with Crippen LogP contribution >= 0.6 is 0 Å². The molecule has 0 spiro atoms. The van der Waals surface area contributed by atoms with Gasteiger partial charge in [-0.05, 0) is 39.3 Å². The number of carbonyl (C=O) groups excluding carboxylic acids is 1. The van der Waals surface area contributed by atoms with Crippen molar-refractivity contribution in [3.8, 4) is 0 Å². The number of esters is 1. The molecule has 19 heavy (non-hydrogen) atoms. The third-order valence-electron chi connectivity index (χ3n) is 2.60. The van der Waals surface area contributed by atoms with Gasteiger partial charge in [0, 0.05) is 12.6 Å². The summed E-state index contributed by atoms with van der Waals surface area (Å²) in [5, 5.41) is 3.33. The highest BCUT2D eigenvalue weighted by Gasteiger charge is 1.97. The molecule has 104 valence electrons. The van der Waals surface area contributed by atoms with E-state index in [1.165, 1.54) is 17.2 Å². The van der Waals surface area contributed by atoms with Crippen molar-refractivity contribution in [1.29, 1.82) is 0 Å². The highest BCUT2D eigenvalue weighted by atomic mass is 16.5. The largest absolute Gasteiger partial charge is 0.462 e. The smallest absolute Gasteiger partial charge is 0.330 e. The molecule has 0 aromatic heterocycles. The molecule has 3 nitrogen and oxygen atoms in total. The maximum absolute atomic E-state index is 11.2. The van der Waals surface area contributed by atoms with Gasteiger partial charge in [-0.15, -0.1) is 0 Å². The fourth-order valence-corrected chi connectivity index (χ4v) is 1.59. The van der Waals surface area contributed by atoms with Gasteiger partial charge in [0.2, 0.25) is 0 Å². The zero-order chi connectivity index (χ0) is 14.1. The van der Waals surface area contributed by atoms with Gasteiger partial charge in [0.15, 0.2) is 0 Å². The molecule has 0 radical (unpaired) electrons. The highest BCUT2D eigenvalue weighted by molar-refractivity contribution is 5.82. The first-order valence-electron chi connectivity index (χ1n) is 6.66. The number of allylic oxidation sites excluding steroid dienone is 1. The fourth-order valence-electron chi connectivity index (χ4n) is 1.59. The number of hydrogen-bond donors (Lipinski definition) is 1. The molecule has 0 bridgehead atoms. The Hall–Kier alpha value is -1.61. The monoisotopic (exact) mass is 261 g/mol. The van der Waals surface area contributed by atoms with Crippen LogP contribution in [0.2, 0.25) is 0 Å². The summed E-state index contributed by atoms with van der Waals surface area (Å²) in [5.41, 5.74) is 3.50. The molecule has 0 saturated carbocycles. The minimum absolute atomic E-state index is 0.251. The van der Waals surface area contributed by atoms with E-state index in [1.54, 1.807) is 0 Å². The van der Waals surface area contributed by atoms with Gasteiger partial charge in [-0.2, -0.15) is 0 Å². The lowest BCUT2D eigenvalue weighted by Crippen LogP contribution is -2.17. The van der Waals surface area contributed by atoms with Crippen LogP contribution in [0.1, 0.15) is 31.4 Å². The summed E-state index contributed by atoms with van der Waals surface area (Å²) in [5.74, 6) is -0.251. The average Bonchev–Trinajstić information content (AvgIpc) is 2.35. The van der Waals surface area contributed by atoms with Gasteiger partial charge in [0.25, 0.3) is 0 Å². The Morgan fingerprint density at radius 1 is 1.26 bits per heavy atom. The molecule has 0 atom stereocenters. The summed E-state index contributed by atoms with van der Waals surface area (Å²) in [6.45, 7) is 7.99. The van der Waals surface area contributed by atoms with E-state index < -0.39 is 0 Å². The molecule has 0 heterocycles. The quantitative estimate of drug-likeness (QED) is 0.466. The summed E-state index contributed by atoms with van der Waals surface area (Å²) < 4.78 is 5.07. The Morgan fingerprint density at radius 3 is 2.58 bits per heavy atom. The van der Waals surface area contributed by atoms with Gasteiger partial charge in [-0.1, -0.05) is 35.4 Å². The molecule has 1 aromatic rings. The number of rotatable bonds is 7. The molecule has 1 rings (SSSR count). The van der Waals surface area contributed by atoms with E-state index in [-0.39, 0.29) is 5.97 Å². The van der Waals surface area contributed by atoms with Gasteiger partial charge in [0.05, 0.1) is 6.61 Å². The van der Waals surface area contributed by atoms with Crippen molar-refractivity contribution in [1.82, 2.24) is 5.32 Å². The summed E-state index contributed by atoms with van der Waals surface area (Å²) in [6, 6.07) is 8.46. The molecule has 0 fully saturated rings. The van der Waals surface area contributed by atoms with E-state index in [1.807, 2.05) is 13.8 Å². The van der Waals surface area contributed by atoms with Crippen LogP contribution in [0.3, 0.4) is 0 Å². The molecule has 3 heteroatoms. The Kier molecular flexibility index (Phi) is 6.90. The van der Waals surface area contributed by atoms with Crippen LogP contribution in [0.5, 0.6) is 0 Å². The van der Waals surface area contributed by atoms with Crippen LogP contribution in [0.25, 0.3) is 0 Å².